The normalized spacial score (nSPS) is 14.1. The number of rotatable bonds is 5. The fourth-order valence-corrected chi connectivity index (χ4v) is 1.28. The number of carbonyl (C=O) groups excluding carboxylic acids is 1. The second kappa shape index (κ2) is 5.90. The number of benzene rings is 1. The van der Waals surface area contributed by atoms with Crippen LogP contribution in [0.3, 0.4) is 0 Å². The van der Waals surface area contributed by atoms with E-state index in [4.69, 9.17) is 9.84 Å². The van der Waals surface area contributed by atoms with Crippen LogP contribution in [-0.4, -0.2) is 40.4 Å². The summed E-state index contributed by atoms with van der Waals surface area (Å²) >= 11 is 0. The summed E-state index contributed by atoms with van der Waals surface area (Å²) in [5.74, 6) is -3.95. The highest BCUT2D eigenvalue weighted by Gasteiger charge is 2.58. The molecule has 0 fully saturated rings. The molecule has 1 rings (SSSR count). The largest absolute Gasteiger partial charge is 0.504 e. The lowest BCUT2D eigenvalue weighted by atomic mass is 10.0. The average molecular weight is 307 g/mol. The number of hydrogen-bond acceptors (Lipinski definition) is 4. The van der Waals surface area contributed by atoms with E-state index in [2.05, 4.69) is 0 Å². The number of aromatic hydroxyl groups is 1. The van der Waals surface area contributed by atoms with E-state index in [1.807, 2.05) is 0 Å². The average Bonchev–Trinajstić information content (AvgIpc) is 2.36. The van der Waals surface area contributed by atoms with Gasteiger partial charge in [0.1, 0.15) is 0 Å². The lowest BCUT2D eigenvalue weighted by molar-refractivity contribution is -0.207. The van der Waals surface area contributed by atoms with Crippen LogP contribution in [0.15, 0.2) is 24.3 Å². The molecule has 1 amide bonds. The molecular formula is C12H12F3NO5. The first kappa shape index (κ1) is 16.6. The molecule has 0 saturated carbocycles. The zero-order valence-electron chi connectivity index (χ0n) is 10.8. The molecule has 0 aromatic heterocycles. The number of aliphatic carboxylic acids is 1. The van der Waals surface area contributed by atoms with Crippen molar-refractivity contribution in [3.05, 3.63) is 24.3 Å². The summed E-state index contributed by atoms with van der Waals surface area (Å²) in [7, 11) is 0. The van der Waals surface area contributed by atoms with E-state index in [0.29, 0.717) is 6.92 Å². The molecule has 116 valence electrons. The molecule has 1 atom stereocenters. The van der Waals surface area contributed by atoms with Crippen molar-refractivity contribution in [2.75, 3.05) is 6.61 Å². The molecule has 0 aliphatic heterocycles. The van der Waals surface area contributed by atoms with Crippen LogP contribution < -0.4 is 10.1 Å². The standard InChI is InChI=1S/C12H12F3NO5/c1-11(10(19)20,12(13,14)15)16-9(18)6-21-8-5-3-2-4-7(8)17/h2-5,17H,6H2,1H3,(H,16,18)(H,19,20). The van der Waals surface area contributed by atoms with Crippen LogP contribution >= 0.6 is 0 Å². The topological polar surface area (TPSA) is 95.9 Å². The van der Waals surface area contributed by atoms with Gasteiger partial charge in [0.2, 0.25) is 5.54 Å². The number of halogens is 3. The van der Waals surface area contributed by atoms with E-state index in [-0.39, 0.29) is 11.5 Å². The maximum absolute atomic E-state index is 12.7. The molecule has 0 heterocycles. The Balaban J connectivity index is 2.73. The summed E-state index contributed by atoms with van der Waals surface area (Å²) < 4.78 is 42.8. The van der Waals surface area contributed by atoms with E-state index in [1.54, 1.807) is 0 Å². The Labute approximate surface area is 117 Å². The first-order valence-electron chi connectivity index (χ1n) is 5.60. The minimum Gasteiger partial charge on any atom is -0.504 e. The van der Waals surface area contributed by atoms with Crippen LogP contribution in [-0.2, 0) is 9.59 Å². The first-order chi connectivity index (χ1) is 9.58. The Morgan fingerprint density at radius 3 is 2.33 bits per heavy atom. The SMILES string of the molecule is CC(NC(=O)COc1ccccc1O)(C(=O)O)C(F)(F)F. The van der Waals surface area contributed by atoms with Crippen LogP contribution in [0.5, 0.6) is 11.5 Å². The highest BCUT2D eigenvalue weighted by atomic mass is 19.4. The van der Waals surface area contributed by atoms with Gasteiger partial charge in [0.25, 0.3) is 5.91 Å². The van der Waals surface area contributed by atoms with Crippen molar-refractivity contribution in [3.63, 3.8) is 0 Å². The molecule has 1 aromatic carbocycles. The van der Waals surface area contributed by atoms with Crippen LogP contribution in [0.25, 0.3) is 0 Å². The molecule has 1 aromatic rings. The van der Waals surface area contributed by atoms with Gasteiger partial charge in [-0.2, -0.15) is 13.2 Å². The van der Waals surface area contributed by atoms with Gasteiger partial charge in [0.15, 0.2) is 18.1 Å². The summed E-state index contributed by atoms with van der Waals surface area (Å²) in [4.78, 5) is 22.1. The number of carbonyl (C=O) groups is 2. The van der Waals surface area contributed by atoms with Crippen LogP contribution in [0, 0.1) is 0 Å². The van der Waals surface area contributed by atoms with Crippen LogP contribution in [0.1, 0.15) is 6.92 Å². The van der Waals surface area contributed by atoms with Crippen LogP contribution in [0.2, 0.25) is 0 Å². The summed E-state index contributed by atoms with van der Waals surface area (Å²) in [5, 5.41) is 19.3. The van der Waals surface area contributed by atoms with Crippen molar-refractivity contribution >= 4 is 11.9 Å². The van der Waals surface area contributed by atoms with Gasteiger partial charge in [-0.05, 0) is 19.1 Å². The first-order valence-corrected chi connectivity index (χ1v) is 5.60. The number of phenolic OH excluding ortho intramolecular Hbond substituents is 1. The minimum absolute atomic E-state index is 0.114. The third-order valence-corrected chi connectivity index (χ3v) is 2.61. The van der Waals surface area contributed by atoms with Crippen molar-refractivity contribution in [3.8, 4) is 11.5 Å². The Bertz CT molecular complexity index is 546. The summed E-state index contributed by atoms with van der Waals surface area (Å²) in [6.45, 7) is -0.552. The predicted molar refractivity (Wildman–Crippen MR) is 63.8 cm³/mol. The fraction of sp³-hybridized carbons (Fsp3) is 0.333. The molecule has 0 bridgehead atoms. The molecule has 1 unspecified atom stereocenters. The lowest BCUT2D eigenvalue weighted by Crippen LogP contribution is -2.62. The number of carboxylic acid groups (broad SMARTS) is 1. The molecule has 21 heavy (non-hydrogen) atoms. The summed E-state index contributed by atoms with van der Waals surface area (Å²) in [5.41, 5.74) is -3.42. The Hall–Kier alpha value is -2.45. The maximum Gasteiger partial charge on any atom is 0.422 e. The molecule has 0 aliphatic carbocycles. The van der Waals surface area contributed by atoms with Gasteiger partial charge in [-0.15, -0.1) is 0 Å². The highest BCUT2D eigenvalue weighted by molar-refractivity contribution is 5.88. The Kier molecular flexibility index (Phi) is 4.66. The van der Waals surface area contributed by atoms with E-state index in [9.17, 15) is 27.9 Å². The lowest BCUT2D eigenvalue weighted by Gasteiger charge is -2.28. The minimum atomic E-state index is -5.18. The third kappa shape index (κ3) is 3.77. The Morgan fingerprint density at radius 1 is 1.29 bits per heavy atom. The second-order valence-corrected chi connectivity index (χ2v) is 4.23. The molecule has 9 heteroatoms. The number of ether oxygens (including phenoxy) is 1. The van der Waals surface area contributed by atoms with E-state index in [1.165, 1.54) is 29.6 Å². The molecule has 0 spiro atoms. The second-order valence-electron chi connectivity index (χ2n) is 4.23. The monoisotopic (exact) mass is 307 g/mol. The number of phenols is 1. The summed E-state index contributed by atoms with van der Waals surface area (Å²) in [6, 6.07) is 5.50. The van der Waals surface area contributed by atoms with E-state index >= 15 is 0 Å². The molecule has 6 nitrogen and oxygen atoms in total. The zero-order valence-corrected chi connectivity index (χ0v) is 10.8. The smallest absolute Gasteiger partial charge is 0.422 e. The van der Waals surface area contributed by atoms with Gasteiger partial charge in [0.05, 0.1) is 0 Å². The van der Waals surface area contributed by atoms with Crippen molar-refractivity contribution in [1.29, 1.82) is 0 Å². The third-order valence-electron chi connectivity index (χ3n) is 2.61. The number of nitrogens with one attached hydrogen (secondary N) is 1. The number of carboxylic acids is 1. The molecule has 0 aliphatic rings. The number of amides is 1. The van der Waals surface area contributed by atoms with Crippen molar-refractivity contribution < 1.29 is 37.7 Å². The molecular weight excluding hydrogens is 295 g/mol. The van der Waals surface area contributed by atoms with Gasteiger partial charge in [0, 0.05) is 0 Å². The number of para-hydroxylation sites is 2. The van der Waals surface area contributed by atoms with Gasteiger partial charge in [-0.1, -0.05) is 12.1 Å². The van der Waals surface area contributed by atoms with Gasteiger partial charge in [-0.25, -0.2) is 4.79 Å². The number of hydrogen-bond donors (Lipinski definition) is 3. The quantitative estimate of drug-likeness (QED) is 0.762. The van der Waals surface area contributed by atoms with Crippen molar-refractivity contribution in [1.82, 2.24) is 5.32 Å². The Morgan fingerprint density at radius 2 is 1.86 bits per heavy atom. The van der Waals surface area contributed by atoms with Crippen molar-refractivity contribution in [2.24, 2.45) is 0 Å². The maximum atomic E-state index is 12.7. The fourth-order valence-electron chi connectivity index (χ4n) is 1.28. The van der Waals surface area contributed by atoms with E-state index in [0.717, 1.165) is 0 Å². The predicted octanol–water partition coefficient (Wildman–Crippen LogP) is 1.29. The molecule has 0 saturated heterocycles. The van der Waals surface area contributed by atoms with Gasteiger partial charge >= 0.3 is 12.1 Å². The summed E-state index contributed by atoms with van der Waals surface area (Å²) in [6.07, 6.45) is -5.18. The van der Waals surface area contributed by atoms with Gasteiger partial charge < -0.3 is 20.3 Å². The van der Waals surface area contributed by atoms with E-state index < -0.39 is 30.2 Å². The van der Waals surface area contributed by atoms with Gasteiger partial charge in [-0.3, -0.25) is 4.79 Å². The van der Waals surface area contributed by atoms with Crippen molar-refractivity contribution in [2.45, 2.75) is 18.6 Å². The zero-order chi connectivity index (χ0) is 16.3. The number of alkyl halides is 3. The molecule has 3 N–H and O–H groups in total. The molecule has 0 radical (unpaired) electrons. The van der Waals surface area contributed by atoms with Crippen LogP contribution in [0.4, 0.5) is 13.2 Å². The highest BCUT2D eigenvalue weighted by Crippen LogP contribution is 2.30.